The van der Waals surface area contributed by atoms with Gasteiger partial charge in [-0.25, -0.2) is 0 Å². The van der Waals surface area contributed by atoms with Gasteiger partial charge in [-0.2, -0.15) is 0 Å². The van der Waals surface area contributed by atoms with Crippen molar-refractivity contribution in [1.29, 1.82) is 0 Å². The summed E-state index contributed by atoms with van der Waals surface area (Å²) in [6.07, 6.45) is 0. The first-order chi connectivity index (χ1) is 31.8. The number of nitrogens with zero attached hydrogens (tertiary/aromatic N) is 1. The van der Waals surface area contributed by atoms with Crippen molar-refractivity contribution in [3.8, 4) is 44.5 Å². The van der Waals surface area contributed by atoms with E-state index in [1.165, 1.54) is 88.3 Å². The van der Waals surface area contributed by atoms with Crippen molar-refractivity contribution in [2.45, 2.75) is 5.41 Å². The third kappa shape index (κ3) is 6.01. The van der Waals surface area contributed by atoms with Gasteiger partial charge in [0.15, 0.2) is 0 Å². The summed E-state index contributed by atoms with van der Waals surface area (Å²) in [5, 5.41) is 4.93. The van der Waals surface area contributed by atoms with E-state index in [0.29, 0.717) is 0 Å². The number of fused-ring (bicyclic) bond motifs is 5. The fourth-order valence-corrected chi connectivity index (χ4v) is 10.6. The zero-order valence-electron chi connectivity index (χ0n) is 35.3. The average molecular weight is 814 g/mol. The number of anilines is 3. The largest absolute Gasteiger partial charge is 0.310 e. The van der Waals surface area contributed by atoms with E-state index < -0.39 is 5.41 Å². The van der Waals surface area contributed by atoms with Crippen LogP contribution in [0.25, 0.3) is 66.1 Å². The molecule has 11 aromatic rings. The van der Waals surface area contributed by atoms with E-state index in [-0.39, 0.29) is 0 Å². The zero-order valence-corrected chi connectivity index (χ0v) is 35.3. The molecular formula is C63H43N. The number of hydrogen-bond acceptors (Lipinski definition) is 1. The predicted octanol–water partition coefficient (Wildman–Crippen LogP) is 16.8. The standard InChI is InChI=1S/C63H43N/c1-5-20-44(21-6-1)47-38-41-60(64(51-29-11-4-12-30-51)52-39-36-46(37-40-52)54-34-19-24-45-22-13-15-31-53(45)54)57(42-47)61-55-32-16-14-23-48(55)43-59-62(61)56-33-17-18-35-58(56)63(59,49-25-7-2-8-26-49)50-27-9-3-10-28-50/h1-43H. The minimum Gasteiger partial charge on any atom is -0.310 e. The van der Waals surface area contributed by atoms with E-state index in [0.717, 1.165) is 17.1 Å². The van der Waals surface area contributed by atoms with Crippen molar-refractivity contribution in [1.82, 2.24) is 0 Å². The molecule has 0 fully saturated rings. The summed E-state index contributed by atoms with van der Waals surface area (Å²) in [6.45, 7) is 0. The molecule has 0 aliphatic heterocycles. The fourth-order valence-electron chi connectivity index (χ4n) is 10.6. The molecule has 0 aromatic heterocycles. The average Bonchev–Trinajstić information content (AvgIpc) is 3.67. The molecule has 1 heteroatoms. The lowest BCUT2D eigenvalue weighted by Crippen LogP contribution is -2.28. The maximum Gasteiger partial charge on any atom is 0.0714 e. The van der Waals surface area contributed by atoms with E-state index >= 15 is 0 Å². The molecule has 1 nitrogen and oxygen atoms in total. The Bertz CT molecular complexity index is 3420. The van der Waals surface area contributed by atoms with Crippen LogP contribution in [0.1, 0.15) is 22.3 Å². The molecule has 64 heavy (non-hydrogen) atoms. The van der Waals surface area contributed by atoms with Crippen LogP contribution in [0, 0.1) is 0 Å². The lowest BCUT2D eigenvalue weighted by molar-refractivity contribution is 0.769. The van der Waals surface area contributed by atoms with Gasteiger partial charge in [0.1, 0.15) is 0 Å². The Balaban J connectivity index is 1.18. The third-order valence-electron chi connectivity index (χ3n) is 13.3. The Labute approximate surface area is 374 Å². The smallest absolute Gasteiger partial charge is 0.0714 e. The first-order valence-corrected chi connectivity index (χ1v) is 22.2. The second kappa shape index (κ2) is 15.6. The van der Waals surface area contributed by atoms with Gasteiger partial charge < -0.3 is 4.90 Å². The Morgan fingerprint density at radius 1 is 0.281 bits per heavy atom. The summed E-state index contributed by atoms with van der Waals surface area (Å²) in [5.41, 5.74) is 17.5. The molecule has 1 aliphatic rings. The van der Waals surface area contributed by atoms with E-state index in [1.807, 2.05) is 0 Å². The molecule has 1 aliphatic carbocycles. The maximum absolute atomic E-state index is 2.48. The van der Waals surface area contributed by atoms with Crippen LogP contribution >= 0.6 is 0 Å². The molecule has 12 rings (SSSR count). The van der Waals surface area contributed by atoms with Crippen molar-refractivity contribution in [2.75, 3.05) is 4.90 Å². The lowest BCUT2D eigenvalue weighted by atomic mass is 9.67. The normalized spacial score (nSPS) is 12.5. The van der Waals surface area contributed by atoms with E-state index in [2.05, 4.69) is 266 Å². The topological polar surface area (TPSA) is 3.24 Å². The predicted molar refractivity (Wildman–Crippen MR) is 270 cm³/mol. The molecule has 0 saturated heterocycles. The summed E-state index contributed by atoms with van der Waals surface area (Å²) in [5.74, 6) is 0. The zero-order chi connectivity index (χ0) is 42.5. The van der Waals surface area contributed by atoms with Crippen molar-refractivity contribution >= 4 is 38.6 Å². The highest BCUT2D eigenvalue weighted by Crippen LogP contribution is 2.61. The summed E-state index contributed by atoms with van der Waals surface area (Å²) in [6, 6.07) is 96.0. The van der Waals surface area contributed by atoms with Gasteiger partial charge in [-0.05, 0) is 125 Å². The van der Waals surface area contributed by atoms with Crippen LogP contribution < -0.4 is 4.90 Å². The summed E-state index contributed by atoms with van der Waals surface area (Å²) >= 11 is 0. The second-order valence-electron chi connectivity index (χ2n) is 16.8. The minimum absolute atomic E-state index is 0.555. The first-order valence-electron chi connectivity index (χ1n) is 22.2. The van der Waals surface area contributed by atoms with E-state index in [1.54, 1.807) is 0 Å². The SMILES string of the molecule is c1ccc(-c2ccc(N(c3ccccc3)c3ccc(-c4cccc5ccccc45)cc3)c(-c3c4c(cc5ccccc35)C(c3ccccc3)(c3ccccc3)c3ccccc3-4)c2)cc1. The summed E-state index contributed by atoms with van der Waals surface area (Å²) < 4.78 is 0. The van der Waals surface area contributed by atoms with Gasteiger partial charge in [0.05, 0.1) is 11.1 Å². The second-order valence-corrected chi connectivity index (χ2v) is 16.8. The van der Waals surface area contributed by atoms with Crippen LogP contribution in [-0.4, -0.2) is 0 Å². The summed E-state index contributed by atoms with van der Waals surface area (Å²) in [7, 11) is 0. The number of hydrogen-bond donors (Lipinski definition) is 0. The van der Waals surface area contributed by atoms with Gasteiger partial charge in [-0.3, -0.25) is 0 Å². The van der Waals surface area contributed by atoms with Crippen molar-refractivity contribution in [3.63, 3.8) is 0 Å². The van der Waals surface area contributed by atoms with E-state index in [9.17, 15) is 0 Å². The maximum atomic E-state index is 2.48. The van der Waals surface area contributed by atoms with Gasteiger partial charge in [-0.1, -0.05) is 218 Å². The molecule has 0 saturated carbocycles. The molecule has 11 aromatic carbocycles. The van der Waals surface area contributed by atoms with Crippen molar-refractivity contribution < 1.29 is 0 Å². The fraction of sp³-hybridized carbons (Fsp3) is 0.0159. The van der Waals surface area contributed by atoms with Gasteiger partial charge in [0, 0.05) is 16.9 Å². The molecule has 0 amide bonds. The molecule has 0 atom stereocenters. The minimum atomic E-state index is -0.555. The highest BCUT2D eigenvalue weighted by Gasteiger charge is 2.47. The van der Waals surface area contributed by atoms with Crippen LogP contribution in [0.15, 0.2) is 261 Å². The number of benzene rings is 11. The van der Waals surface area contributed by atoms with Crippen LogP contribution in [0.2, 0.25) is 0 Å². The number of rotatable bonds is 8. The third-order valence-corrected chi connectivity index (χ3v) is 13.3. The van der Waals surface area contributed by atoms with Crippen molar-refractivity contribution in [3.05, 3.63) is 283 Å². The highest BCUT2D eigenvalue weighted by molar-refractivity contribution is 6.12. The molecule has 300 valence electrons. The van der Waals surface area contributed by atoms with Crippen LogP contribution in [0.4, 0.5) is 17.1 Å². The lowest BCUT2D eigenvalue weighted by Gasteiger charge is -2.34. The highest BCUT2D eigenvalue weighted by atomic mass is 15.1. The Morgan fingerprint density at radius 3 is 1.53 bits per heavy atom. The Morgan fingerprint density at radius 2 is 0.812 bits per heavy atom. The quantitative estimate of drug-likeness (QED) is 0.148. The van der Waals surface area contributed by atoms with Gasteiger partial charge in [0.25, 0.3) is 0 Å². The van der Waals surface area contributed by atoms with Crippen LogP contribution in [-0.2, 0) is 5.41 Å². The molecule has 0 bridgehead atoms. The van der Waals surface area contributed by atoms with Gasteiger partial charge in [-0.15, -0.1) is 0 Å². The first kappa shape index (κ1) is 37.5. The molecular weight excluding hydrogens is 771 g/mol. The molecule has 0 heterocycles. The Kier molecular flexibility index (Phi) is 9.13. The monoisotopic (exact) mass is 813 g/mol. The van der Waals surface area contributed by atoms with Crippen LogP contribution in [0.3, 0.4) is 0 Å². The van der Waals surface area contributed by atoms with Crippen molar-refractivity contribution in [2.24, 2.45) is 0 Å². The van der Waals surface area contributed by atoms with E-state index in [4.69, 9.17) is 0 Å². The van der Waals surface area contributed by atoms with Crippen LogP contribution in [0.5, 0.6) is 0 Å². The van der Waals surface area contributed by atoms with Gasteiger partial charge in [0.2, 0.25) is 0 Å². The Hall–Kier alpha value is -8.26. The molecule has 0 spiro atoms. The molecule has 0 unspecified atom stereocenters. The summed E-state index contributed by atoms with van der Waals surface area (Å²) in [4.78, 5) is 2.45. The molecule has 0 radical (unpaired) electrons. The van der Waals surface area contributed by atoms with Gasteiger partial charge >= 0.3 is 0 Å². The molecule has 0 N–H and O–H groups in total. The number of para-hydroxylation sites is 1.